The van der Waals surface area contributed by atoms with Crippen molar-refractivity contribution in [2.75, 3.05) is 14.1 Å². The predicted molar refractivity (Wildman–Crippen MR) is 65.2 cm³/mol. The molecule has 0 aliphatic heterocycles. The number of rotatable bonds is 3. The van der Waals surface area contributed by atoms with Crippen molar-refractivity contribution in [2.24, 2.45) is 5.41 Å². The van der Waals surface area contributed by atoms with Gasteiger partial charge in [-0.05, 0) is 25.5 Å². The maximum atomic E-state index is 12.3. The highest BCUT2D eigenvalue weighted by atomic mass is 32.1. The van der Waals surface area contributed by atoms with E-state index in [1.807, 2.05) is 57.3 Å². The Morgan fingerprint density at radius 3 is 2.33 bits per heavy atom. The molecule has 0 aliphatic rings. The monoisotopic (exact) mass is 225 g/mol. The molecule has 0 aliphatic carbocycles. The summed E-state index contributed by atoms with van der Waals surface area (Å²) in [5.74, 6) is 0.273. The van der Waals surface area contributed by atoms with Crippen LogP contribution in [0.1, 0.15) is 31.7 Å². The molecule has 0 bridgehead atoms. The Morgan fingerprint density at radius 2 is 2.00 bits per heavy atom. The molecule has 0 amide bonds. The minimum absolute atomic E-state index is 0.106. The third-order valence-corrected chi connectivity index (χ3v) is 3.24. The van der Waals surface area contributed by atoms with E-state index in [0.717, 1.165) is 4.88 Å². The molecule has 0 saturated heterocycles. The zero-order chi connectivity index (χ0) is 11.6. The summed E-state index contributed by atoms with van der Waals surface area (Å²) >= 11 is 1.64. The van der Waals surface area contributed by atoms with Crippen LogP contribution in [0, 0.1) is 5.41 Å². The van der Waals surface area contributed by atoms with Crippen LogP contribution < -0.4 is 0 Å². The average molecular weight is 225 g/mol. The minimum Gasteiger partial charge on any atom is -0.297 e. The molecule has 0 spiro atoms. The molecule has 0 aromatic carbocycles. The second kappa shape index (κ2) is 4.45. The molecule has 84 valence electrons. The van der Waals surface area contributed by atoms with Crippen LogP contribution in [0.15, 0.2) is 17.5 Å². The number of hydrogen-bond acceptors (Lipinski definition) is 3. The van der Waals surface area contributed by atoms with Crippen molar-refractivity contribution in [2.45, 2.75) is 26.8 Å². The predicted octanol–water partition coefficient (Wildman–Crippen LogP) is 2.97. The van der Waals surface area contributed by atoms with E-state index < -0.39 is 0 Å². The van der Waals surface area contributed by atoms with Gasteiger partial charge < -0.3 is 0 Å². The third-order valence-electron chi connectivity index (χ3n) is 2.32. The molecule has 0 saturated carbocycles. The van der Waals surface area contributed by atoms with Crippen LogP contribution >= 0.6 is 11.3 Å². The topological polar surface area (TPSA) is 20.3 Å². The van der Waals surface area contributed by atoms with Crippen molar-refractivity contribution >= 4 is 17.1 Å². The number of carbonyl (C=O) groups is 1. The summed E-state index contributed by atoms with van der Waals surface area (Å²) in [5.41, 5.74) is -0.293. The SMILES string of the molecule is CN(C)C(C(=O)C(C)(C)C)c1cccs1. The van der Waals surface area contributed by atoms with Crippen LogP contribution in [0.3, 0.4) is 0 Å². The normalized spacial score (nSPS) is 14.3. The summed E-state index contributed by atoms with van der Waals surface area (Å²) in [5, 5.41) is 2.02. The Kier molecular flexibility index (Phi) is 3.68. The van der Waals surface area contributed by atoms with Crippen LogP contribution in [0.4, 0.5) is 0 Å². The summed E-state index contributed by atoms with van der Waals surface area (Å²) in [6.07, 6.45) is 0. The van der Waals surface area contributed by atoms with Crippen LogP contribution in [-0.4, -0.2) is 24.8 Å². The van der Waals surface area contributed by atoms with Gasteiger partial charge in [0, 0.05) is 10.3 Å². The molecule has 1 unspecified atom stereocenters. The molecule has 1 rings (SSSR count). The Morgan fingerprint density at radius 1 is 1.40 bits per heavy atom. The van der Waals surface area contributed by atoms with E-state index >= 15 is 0 Å². The van der Waals surface area contributed by atoms with Crippen LogP contribution in [0.2, 0.25) is 0 Å². The van der Waals surface area contributed by atoms with Crippen LogP contribution in [-0.2, 0) is 4.79 Å². The Bertz CT molecular complexity index is 322. The summed E-state index contributed by atoms with van der Waals surface area (Å²) in [7, 11) is 3.90. The Hall–Kier alpha value is -0.670. The maximum absolute atomic E-state index is 12.3. The van der Waals surface area contributed by atoms with E-state index in [-0.39, 0.29) is 17.2 Å². The molecule has 0 radical (unpaired) electrons. The highest BCUT2D eigenvalue weighted by molar-refractivity contribution is 7.10. The molecule has 3 heteroatoms. The lowest BCUT2D eigenvalue weighted by molar-refractivity contribution is -0.131. The zero-order valence-corrected chi connectivity index (χ0v) is 10.9. The number of Topliss-reactive ketones (excluding diaryl/α,β-unsaturated/α-hetero) is 1. The van der Waals surface area contributed by atoms with Gasteiger partial charge >= 0.3 is 0 Å². The van der Waals surface area contributed by atoms with Gasteiger partial charge in [-0.3, -0.25) is 9.69 Å². The quantitative estimate of drug-likeness (QED) is 0.788. The average Bonchev–Trinajstić information content (AvgIpc) is 2.54. The maximum Gasteiger partial charge on any atom is 0.160 e. The molecule has 15 heavy (non-hydrogen) atoms. The van der Waals surface area contributed by atoms with Crippen molar-refractivity contribution in [3.05, 3.63) is 22.4 Å². The van der Waals surface area contributed by atoms with Gasteiger partial charge in [-0.15, -0.1) is 11.3 Å². The number of nitrogens with zero attached hydrogens (tertiary/aromatic N) is 1. The molecule has 2 nitrogen and oxygen atoms in total. The molecule has 1 aromatic rings. The summed E-state index contributed by atoms with van der Waals surface area (Å²) in [4.78, 5) is 15.4. The Balaban J connectivity index is 3.00. The second-order valence-electron chi connectivity index (χ2n) is 5.00. The summed E-state index contributed by atoms with van der Waals surface area (Å²) < 4.78 is 0. The van der Waals surface area contributed by atoms with Crippen molar-refractivity contribution in [1.29, 1.82) is 0 Å². The fraction of sp³-hybridized carbons (Fsp3) is 0.583. The smallest absolute Gasteiger partial charge is 0.160 e. The molecule has 0 N–H and O–H groups in total. The fourth-order valence-electron chi connectivity index (χ4n) is 1.48. The lowest BCUT2D eigenvalue weighted by Gasteiger charge is -2.28. The van der Waals surface area contributed by atoms with Crippen molar-refractivity contribution in [3.8, 4) is 0 Å². The van der Waals surface area contributed by atoms with E-state index in [0.29, 0.717) is 0 Å². The lowest BCUT2D eigenvalue weighted by atomic mass is 9.85. The van der Waals surface area contributed by atoms with Crippen LogP contribution in [0.25, 0.3) is 0 Å². The largest absolute Gasteiger partial charge is 0.297 e. The highest BCUT2D eigenvalue weighted by Gasteiger charge is 2.32. The van der Waals surface area contributed by atoms with E-state index in [1.165, 1.54) is 0 Å². The van der Waals surface area contributed by atoms with E-state index in [2.05, 4.69) is 0 Å². The molecular formula is C12H19NOS. The second-order valence-corrected chi connectivity index (χ2v) is 5.98. The van der Waals surface area contributed by atoms with Gasteiger partial charge in [-0.1, -0.05) is 26.8 Å². The van der Waals surface area contributed by atoms with Crippen molar-refractivity contribution in [3.63, 3.8) is 0 Å². The number of hydrogen-bond donors (Lipinski definition) is 0. The number of ketones is 1. The van der Waals surface area contributed by atoms with Crippen molar-refractivity contribution in [1.82, 2.24) is 4.90 Å². The van der Waals surface area contributed by atoms with Gasteiger partial charge in [0.1, 0.15) is 6.04 Å². The van der Waals surface area contributed by atoms with Gasteiger partial charge in [-0.25, -0.2) is 0 Å². The van der Waals surface area contributed by atoms with Gasteiger partial charge in [-0.2, -0.15) is 0 Å². The first-order valence-corrected chi connectivity index (χ1v) is 5.96. The molecule has 1 heterocycles. The molecule has 1 atom stereocenters. The zero-order valence-electron chi connectivity index (χ0n) is 10.1. The molecular weight excluding hydrogens is 206 g/mol. The fourth-order valence-corrected chi connectivity index (χ4v) is 2.39. The number of likely N-dealkylation sites (N-methyl/N-ethyl adjacent to an activating group) is 1. The molecule has 0 fully saturated rings. The van der Waals surface area contributed by atoms with Crippen LogP contribution in [0.5, 0.6) is 0 Å². The molecule has 1 aromatic heterocycles. The Labute approximate surface area is 95.9 Å². The summed E-state index contributed by atoms with van der Waals surface area (Å²) in [6.45, 7) is 5.92. The third kappa shape index (κ3) is 2.89. The van der Waals surface area contributed by atoms with Crippen molar-refractivity contribution < 1.29 is 4.79 Å². The van der Waals surface area contributed by atoms with E-state index in [1.54, 1.807) is 11.3 Å². The number of thiophene rings is 1. The van der Waals surface area contributed by atoms with Gasteiger partial charge in [0.15, 0.2) is 5.78 Å². The first kappa shape index (κ1) is 12.4. The summed E-state index contributed by atoms with van der Waals surface area (Å²) in [6, 6.07) is 3.91. The first-order chi connectivity index (χ1) is 6.84. The first-order valence-electron chi connectivity index (χ1n) is 5.08. The van der Waals surface area contributed by atoms with Gasteiger partial charge in [0.05, 0.1) is 0 Å². The number of carbonyl (C=O) groups excluding carboxylic acids is 1. The minimum atomic E-state index is -0.293. The van der Waals surface area contributed by atoms with E-state index in [4.69, 9.17) is 0 Å². The lowest BCUT2D eigenvalue weighted by Crippen LogP contribution is -2.34. The van der Waals surface area contributed by atoms with Gasteiger partial charge in [0.2, 0.25) is 0 Å². The standard InChI is InChI=1S/C12H19NOS/c1-12(2,3)11(14)10(13(4)5)9-7-6-8-15-9/h6-8,10H,1-5H3. The van der Waals surface area contributed by atoms with Gasteiger partial charge in [0.25, 0.3) is 0 Å². The highest BCUT2D eigenvalue weighted by Crippen LogP contribution is 2.31. The van der Waals surface area contributed by atoms with E-state index in [9.17, 15) is 4.79 Å².